The van der Waals surface area contributed by atoms with Gasteiger partial charge < -0.3 is 10.2 Å². The maximum atomic E-state index is 11.9. The standard InChI is InChI=1S/C14H14O3/c15-12-5-1-10(2-6-12)9-14(17)11-3-7-13(16)8-4-11/h1-3,5-7,15-16H,4,8-9H2. The molecule has 3 heteroatoms. The molecule has 1 aliphatic rings. The van der Waals surface area contributed by atoms with E-state index in [9.17, 15) is 9.90 Å². The molecule has 0 fully saturated rings. The van der Waals surface area contributed by atoms with Gasteiger partial charge in [0.15, 0.2) is 5.78 Å². The van der Waals surface area contributed by atoms with Crippen LogP contribution in [0.15, 0.2) is 47.7 Å². The van der Waals surface area contributed by atoms with Crippen LogP contribution in [-0.4, -0.2) is 16.0 Å². The molecule has 0 spiro atoms. The smallest absolute Gasteiger partial charge is 0.163 e. The van der Waals surface area contributed by atoms with Crippen LogP contribution in [0.2, 0.25) is 0 Å². The number of aromatic hydroxyl groups is 1. The van der Waals surface area contributed by atoms with Crippen molar-refractivity contribution < 1.29 is 15.0 Å². The molecule has 88 valence electrons. The molecule has 17 heavy (non-hydrogen) atoms. The Morgan fingerprint density at radius 2 is 1.76 bits per heavy atom. The molecular formula is C14H14O3. The van der Waals surface area contributed by atoms with Gasteiger partial charge in [0.25, 0.3) is 0 Å². The Balaban J connectivity index is 2.05. The molecule has 0 radical (unpaired) electrons. The maximum Gasteiger partial charge on any atom is 0.163 e. The van der Waals surface area contributed by atoms with Crippen molar-refractivity contribution in [2.75, 3.05) is 0 Å². The van der Waals surface area contributed by atoms with Gasteiger partial charge in [-0.3, -0.25) is 4.79 Å². The van der Waals surface area contributed by atoms with Crippen LogP contribution in [0.1, 0.15) is 18.4 Å². The summed E-state index contributed by atoms with van der Waals surface area (Å²) in [6.07, 6.45) is 4.72. The number of carbonyl (C=O) groups is 1. The molecule has 2 rings (SSSR count). The van der Waals surface area contributed by atoms with Crippen molar-refractivity contribution in [2.24, 2.45) is 0 Å². The van der Waals surface area contributed by atoms with Crippen LogP contribution in [0.25, 0.3) is 0 Å². The van der Waals surface area contributed by atoms with Gasteiger partial charge in [0.2, 0.25) is 0 Å². The van der Waals surface area contributed by atoms with Gasteiger partial charge in [0, 0.05) is 12.8 Å². The van der Waals surface area contributed by atoms with Gasteiger partial charge in [0.05, 0.1) is 5.76 Å². The van der Waals surface area contributed by atoms with E-state index in [-0.39, 0.29) is 11.5 Å². The molecule has 1 aliphatic carbocycles. The van der Waals surface area contributed by atoms with Crippen molar-refractivity contribution in [1.29, 1.82) is 0 Å². The lowest BCUT2D eigenvalue weighted by atomic mass is 9.96. The summed E-state index contributed by atoms with van der Waals surface area (Å²) in [5, 5.41) is 18.3. The van der Waals surface area contributed by atoms with Gasteiger partial charge in [0.1, 0.15) is 5.75 Å². The van der Waals surface area contributed by atoms with E-state index in [4.69, 9.17) is 5.11 Å². The van der Waals surface area contributed by atoms with Gasteiger partial charge in [-0.15, -0.1) is 0 Å². The number of hydrogen-bond acceptors (Lipinski definition) is 3. The number of Topliss-reactive ketones (excluding diaryl/α,β-unsaturated/α-hetero) is 1. The minimum atomic E-state index is 0.0689. The number of hydrogen-bond donors (Lipinski definition) is 2. The van der Waals surface area contributed by atoms with Crippen LogP contribution in [0.4, 0.5) is 0 Å². The van der Waals surface area contributed by atoms with Crippen molar-refractivity contribution in [3.63, 3.8) is 0 Å². The Morgan fingerprint density at radius 1 is 1.06 bits per heavy atom. The molecule has 3 nitrogen and oxygen atoms in total. The molecule has 0 unspecified atom stereocenters. The highest BCUT2D eigenvalue weighted by Gasteiger charge is 2.13. The lowest BCUT2D eigenvalue weighted by molar-refractivity contribution is -0.115. The normalized spacial score (nSPS) is 15.1. The van der Waals surface area contributed by atoms with Crippen LogP contribution in [0.3, 0.4) is 0 Å². The third-order valence-electron chi connectivity index (χ3n) is 2.79. The monoisotopic (exact) mass is 230 g/mol. The molecule has 1 aromatic carbocycles. The molecule has 0 bridgehead atoms. The molecule has 0 aromatic heterocycles. The molecule has 0 saturated heterocycles. The minimum Gasteiger partial charge on any atom is -0.512 e. The van der Waals surface area contributed by atoms with Crippen molar-refractivity contribution in [1.82, 2.24) is 0 Å². The number of ketones is 1. The first-order valence-corrected chi connectivity index (χ1v) is 5.55. The van der Waals surface area contributed by atoms with Crippen LogP contribution < -0.4 is 0 Å². The zero-order valence-electron chi connectivity index (χ0n) is 9.39. The van der Waals surface area contributed by atoms with E-state index in [1.807, 2.05) is 0 Å². The fourth-order valence-electron chi connectivity index (χ4n) is 1.77. The second-order valence-electron chi connectivity index (χ2n) is 4.12. The fraction of sp³-hybridized carbons (Fsp3) is 0.214. The predicted molar refractivity (Wildman–Crippen MR) is 64.8 cm³/mol. The highest BCUT2D eigenvalue weighted by atomic mass is 16.3. The lowest BCUT2D eigenvalue weighted by Gasteiger charge is -2.10. The third-order valence-corrected chi connectivity index (χ3v) is 2.79. The molecule has 0 aliphatic heterocycles. The van der Waals surface area contributed by atoms with Crippen molar-refractivity contribution >= 4 is 5.78 Å². The second-order valence-corrected chi connectivity index (χ2v) is 4.12. The average molecular weight is 230 g/mol. The summed E-state index contributed by atoms with van der Waals surface area (Å²) in [6, 6.07) is 6.63. The van der Waals surface area contributed by atoms with Crippen molar-refractivity contribution in [2.45, 2.75) is 19.3 Å². The molecule has 0 atom stereocenters. The fourth-order valence-corrected chi connectivity index (χ4v) is 1.77. The lowest BCUT2D eigenvalue weighted by Crippen LogP contribution is -2.08. The van der Waals surface area contributed by atoms with Crippen LogP contribution in [0, 0.1) is 0 Å². The number of aliphatic hydroxyl groups is 1. The van der Waals surface area contributed by atoms with E-state index in [0.29, 0.717) is 25.0 Å². The highest BCUT2D eigenvalue weighted by Crippen LogP contribution is 2.19. The summed E-state index contributed by atoms with van der Waals surface area (Å²) in [4.78, 5) is 11.9. The number of phenols is 1. The number of benzene rings is 1. The van der Waals surface area contributed by atoms with E-state index in [2.05, 4.69) is 0 Å². The average Bonchev–Trinajstić information content (AvgIpc) is 2.33. The van der Waals surface area contributed by atoms with E-state index in [1.54, 1.807) is 36.4 Å². The first kappa shape index (κ1) is 11.5. The van der Waals surface area contributed by atoms with Crippen LogP contribution in [0.5, 0.6) is 5.75 Å². The number of rotatable bonds is 3. The van der Waals surface area contributed by atoms with Crippen LogP contribution >= 0.6 is 0 Å². The molecular weight excluding hydrogens is 216 g/mol. The van der Waals surface area contributed by atoms with E-state index in [0.717, 1.165) is 11.1 Å². The minimum absolute atomic E-state index is 0.0689. The summed E-state index contributed by atoms with van der Waals surface area (Å²) >= 11 is 0. The number of carbonyl (C=O) groups excluding carboxylic acids is 1. The Morgan fingerprint density at radius 3 is 2.35 bits per heavy atom. The Labute approximate surface area is 99.7 Å². The largest absolute Gasteiger partial charge is 0.512 e. The summed E-state index contributed by atoms with van der Waals surface area (Å²) in [7, 11) is 0. The van der Waals surface area contributed by atoms with Gasteiger partial charge in [-0.05, 0) is 35.8 Å². The zero-order chi connectivity index (χ0) is 12.3. The highest BCUT2D eigenvalue weighted by molar-refractivity contribution is 5.97. The van der Waals surface area contributed by atoms with Crippen LogP contribution in [-0.2, 0) is 11.2 Å². The third kappa shape index (κ3) is 2.97. The van der Waals surface area contributed by atoms with Gasteiger partial charge in [-0.2, -0.15) is 0 Å². The maximum absolute atomic E-state index is 11.9. The molecule has 0 heterocycles. The number of allylic oxidation sites excluding steroid dienone is 4. The summed E-state index contributed by atoms with van der Waals surface area (Å²) in [5.74, 6) is 0.594. The number of aliphatic hydroxyl groups excluding tert-OH is 1. The Kier molecular flexibility index (Phi) is 3.28. The SMILES string of the molecule is O=C(Cc1ccc(O)cc1)C1=CC=C(O)CC1. The second kappa shape index (κ2) is 4.87. The topological polar surface area (TPSA) is 57.5 Å². The summed E-state index contributed by atoms with van der Waals surface area (Å²) < 4.78 is 0. The Hall–Kier alpha value is -2.03. The van der Waals surface area contributed by atoms with Gasteiger partial charge in [-0.25, -0.2) is 0 Å². The summed E-state index contributed by atoms with van der Waals surface area (Å²) in [5.41, 5.74) is 1.63. The first-order chi connectivity index (χ1) is 8.15. The summed E-state index contributed by atoms with van der Waals surface area (Å²) in [6.45, 7) is 0. The Bertz CT molecular complexity index is 481. The van der Waals surface area contributed by atoms with E-state index in [1.165, 1.54) is 0 Å². The quantitative estimate of drug-likeness (QED) is 0.839. The van der Waals surface area contributed by atoms with Crippen molar-refractivity contribution in [3.8, 4) is 5.75 Å². The van der Waals surface area contributed by atoms with E-state index >= 15 is 0 Å². The molecule has 0 saturated carbocycles. The zero-order valence-corrected chi connectivity index (χ0v) is 9.39. The molecule has 1 aromatic rings. The number of phenolic OH excluding ortho intramolecular Hbond substituents is 1. The van der Waals surface area contributed by atoms with Gasteiger partial charge in [-0.1, -0.05) is 18.2 Å². The van der Waals surface area contributed by atoms with Gasteiger partial charge >= 0.3 is 0 Å². The molecule has 2 N–H and O–H groups in total. The first-order valence-electron chi connectivity index (χ1n) is 5.55. The molecule has 0 amide bonds. The van der Waals surface area contributed by atoms with Crippen molar-refractivity contribution in [3.05, 3.63) is 53.3 Å². The van der Waals surface area contributed by atoms with E-state index < -0.39 is 0 Å². The predicted octanol–water partition coefficient (Wildman–Crippen LogP) is 2.67.